The highest BCUT2D eigenvalue weighted by Crippen LogP contribution is 2.24. The van der Waals surface area contributed by atoms with E-state index in [-0.39, 0.29) is 54.6 Å². The number of aromatic nitrogens is 1. The molecule has 0 bridgehead atoms. The van der Waals surface area contributed by atoms with Crippen LogP contribution in [0.5, 0.6) is 0 Å². The molecule has 2 amide bonds. The van der Waals surface area contributed by atoms with Crippen LogP contribution < -0.4 is 5.32 Å². The van der Waals surface area contributed by atoms with E-state index in [0.29, 0.717) is 22.7 Å². The minimum absolute atomic E-state index is 0.0787. The predicted molar refractivity (Wildman–Crippen MR) is 123 cm³/mol. The lowest BCUT2D eigenvalue weighted by atomic mass is 9.97. The summed E-state index contributed by atoms with van der Waals surface area (Å²) in [4.78, 5) is 27.7. The van der Waals surface area contributed by atoms with Crippen molar-refractivity contribution in [3.05, 3.63) is 46.3 Å². The van der Waals surface area contributed by atoms with E-state index in [1.165, 1.54) is 4.31 Å². The molecule has 1 aromatic heterocycles. The minimum Gasteiger partial charge on any atom is -0.360 e. The van der Waals surface area contributed by atoms with Crippen LogP contribution in [0.3, 0.4) is 0 Å². The number of sulfonamides is 1. The second-order valence-corrected chi connectivity index (χ2v) is 10.5. The van der Waals surface area contributed by atoms with Crippen molar-refractivity contribution in [3.63, 3.8) is 0 Å². The van der Waals surface area contributed by atoms with Crippen molar-refractivity contribution in [2.45, 2.75) is 45.1 Å². The van der Waals surface area contributed by atoms with E-state index >= 15 is 0 Å². The maximum atomic E-state index is 13.3. The van der Waals surface area contributed by atoms with Crippen LogP contribution in [0.1, 0.15) is 42.1 Å². The highest BCUT2D eigenvalue weighted by atomic mass is 35.5. The molecule has 0 spiro atoms. The van der Waals surface area contributed by atoms with Gasteiger partial charge in [0.2, 0.25) is 15.9 Å². The second kappa shape index (κ2) is 10.2. The summed E-state index contributed by atoms with van der Waals surface area (Å²) in [6, 6.07) is 5.73. The number of carbonyl (C=O) groups excluding carboxylic acids is 2. The summed E-state index contributed by atoms with van der Waals surface area (Å²) in [5.74, 6) is -0.434. The SMILES string of the molecule is CC[C@H](C)[C@H](NC(=O)c1ccc(Cl)cc1)C(=O)N1CCN(S(=O)(=O)c2c(C)noc2C)CC1. The molecule has 1 aromatic carbocycles. The van der Waals surface area contributed by atoms with Crippen molar-refractivity contribution >= 4 is 33.4 Å². The van der Waals surface area contributed by atoms with E-state index in [0.717, 1.165) is 0 Å². The maximum Gasteiger partial charge on any atom is 0.251 e. The molecule has 0 unspecified atom stereocenters. The van der Waals surface area contributed by atoms with Gasteiger partial charge in [0.25, 0.3) is 5.91 Å². The van der Waals surface area contributed by atoms with Crippen molar-refractivity contribution in [3.8, 4) is 0 Å². The van der Waals surface area contributed by atoms with E-state index < -0.39 is 16.1 Å². The number of hydrogen-bond donors (Lipinski definition) is 1. The number of benzene rings is 1. The van der Waals surface area contributed by atoms with E-state index in [2.05, 4.69) is 10.5 Å². The fourth-order valence-electron chi connectivity index (χ4n) is 3.83. The van der Waals surface area contributed by atoms with Gasteiger partial charge in [0.1, 0.15) is 16.6 Å². The molecule has 2 atom stereocenters. The Morgan fingerprint density at radius 1 is 1.15 bits per heavy atom. The number of rotatable bonds is 7. The van der Waals surface area contributed by atoms with Crippen molar-refractivity contribution in [2.24, 2.45) is 5.92 Å². The van der Waals surface area contributed by atoms with Crippen LogP contribution in [0.2, 0.25) is 5.02 Å². The average Bonchev–Trinajstić information content (AvgIpc) is 3.15. The minimum atomic E-state index is -3.77. The van der Waals surface area contributed by atoms with Crippen molar-refractivity contribution in [2.75, 3.05) is 26.2 Å². The largest absolute Gasteiger partial charge is 0.360 e. The van der Waals surface area contributed by atoms with Gasteiger partial charge in [-0.15, -0.1) is 0 Å². The quantitative estimate of drug-likeness (QED) is 0.630. The zero-order chi connectivity index (χ0) is 24.3. The molecule has 2 heterocycles. The third-order valence-electron chi connectivity index (χ3n) is 5.99. The summed E-state index contributed by atoms with van der Waals surface area (Å²) >= 11 is 5.89. The van der Waals surface area contributed by atoms with Crippen LogP contribution in [0.25, 0.3) is 0 Å². The van der Waals surface area contributed by atoms with Gasteiger partial charge in [-0.05, 0) is 44.0 Å². The Kier molecular flexibility index (Phi) is 7.81. The molecule has 9 nitrogen and oxygen atoms in total. The molecule has 0 aliphatic carbocycles. The van der Waals surface area contributed by atoms with Gasteiger partial charge in [0.05, 0.1) is 0 Å². The molecule has 1 fully saturated rings. The number of nitrogens with one attached hydrogen (secondary N) is 1. The Labute approximate surface area is 199 Å². The first-order valence-corrected chi connectivity index (χ1v) is 12.7. The number of carbonyl (C=O) groups is 2. The van der Waals surface area contributed by atoms with E-state index in [1.54, 1.807) is 43.0 Å². The number of piperazine rings is 1. The summed E-state index contributed by atoms with van der Waals surface area (Å²) in [6.07, 6.45) is 0.692. The first kappa shape index (κ1) is 25.2. The number of aryl methyl sites for hydroxylation is 2. The molecule has 33 heavy (non-hydrogen) atoms. The zero-order valence-electron chi connectivity index (χ0n) is 19.2. The highest BCUT2D eigenvalue weighted by molar-refractivity contribution is 7.89. The Bertz CT molecular complexity index is 1090. The van der Waals surface area contributed by atoms with E-state index in [4.69, 9.17) is 16.1 Å². The first-order valence-electron chi connectivity index (χ1n) is 10.8. The Hall–Kier alpha value is -2.43. The Morgan fingerprint density at radius 2 is 1.76 bits per heavy atom. The number of amides is 2. The third-order valence-corrected chi connectivity index (χ3v) is 8.38. The van der Waals surface area contributed by atoms with Crippen molar-refractivity contribution in [1.82, 2.24) is 19.7 Å². The Balaban J connectivity index is 1.70. The van der Waals surface area contributed by atoms with Gasteiger partial charge in [0.15, 0.2) is 5.76 Å². The first-order chi connectivity index (χ1) is 15.6. The lowest BCUT2D eigenvalue weighted by Gasteiger charge is -2.37. The lowest BCUT2D eigenvalue weighted by Crippen LogP contribution is -2.57. The fraction of sp³-hybridized carbons (Fsp3) is 0.500. The smallest absolute Gasteiger partial charge is 0.251 e. The van der Waals surface area contributed by atoms with Gasteiger partial charge in [-0.2, -0.15) is 4.31 Å². The normalized spacial score (nSPS) is 16.9. The van der Waals surface area contributed by atoms with Gasteiger partial charge in [-0.25, -0.2) is 8.42 Å². The summed E-state index contributed by atoms with van der Waals surface area (Å²) in [5, 5.41) is 7.11. The van der Waals surface area contributed by atoms with Gasteiger partial charge < -0.3 is 14.7 Å². The van der Waals surface area contributed by atoms with Crippen LogP contribution in [0.4, 0.5) is 0 Å². The lowest BCUT2D eigenvalue weighted by molar-refractivity contribution is -0.135. The molecule has 11 heteroatoms. The summed E-state index contributed by atoms with van der Waals surface area (Å²) < 4.78 is 32.4. The molecule has 2 aromatic rings. The average molecular weight is 497 g/mol. The van der Waals surface area contributed by atoms with Gasteiger partial charge in [0, 0.05) is 36.8 Å². The molecule has 0 saturated carbocycles. The molecule has 1 N–H and O–H groups in total. The highest BCUT2D eigenvalue weighted by Gasteiger charge is 2.37. The molecule has 180 valence electrons. The summed E-state index contributed by atoms with van der Waals surface area (Å²) in [6.45, 7) is 7.76. The van der Waals surface area contributed by atoms with Crippen LogP contribution >= 0.6 is 11.6 Å². The van der Waals surface area contributed by atoms with Crippen LogP contribution in [0, 0.1) is 19.8 Å². The monoisotopic (exact) mass is 496 g/mol. The number of nitrogens with zero attached hydrogens (tertiary/aromatic N) is 3. The summed E-state index contributed by atoms with van der Waals surface area (Å²) in [5.41, 5.74) is 0.726. The maximum absolute atomic E-state index is 13.3. The van der Waals surface area contributed by atoms with Crippen molar-refractivity contribution in [1.29, 1.82) is 0 Å². The predicted octanol–water partition coefficient (Wildman–Crippen LogP) is 2.62. The molecule has 1 aliphatic heterocycles. The van der Waals surface area contributed by atoms with Gasteiger partial charge in [-0.1, -0.05) is 37.0 Å². The van der Waals surface area contributed by atoms with Crippen molar-refractivity contribution < 1.29 is 22.5 Å². The second-order valence-electron chi connectivity index (χ2n) is 8.23. The van der Waals surface area contributed by atoms with Crippen LogP contribution in [-0.2, 0) is 14.8 Å². The molecule has 1 aliphatic rings. The zero-order valence-corrected chi connectivity index (χ0v) is 20.7. The molecule has 3 rings (SSSR count). The summed E-state index contributed by atoms with van der Waals surface area (Å²) in [7, 11) is -3.77. The Morgan fingerprint density at radius 3 is 2.27 bits per heavy atom. The molecule has 1 saturated heterocycles. The number of hydrogen-bond acceptors (Lipinski definition) is 6. The molecule has 0 radical (unpaired) electrons. The van der Waals surface area contributed by atoms with E-state index in [9.17, 15) is 18.0 Å². The van der Waals surface area contributed by atoms with E-state index in [1.807, 2.05) is 13.8 Å². The third kappa shape index (κ3) is 5.39. The molecular weight excluding hydrogens is 468 g/mol. The topological polar surface area (TPSA) is 113 Å². The standard InChI is InChI=1S/C22H29ClN4O5S/c1-5-14(2)19(24-21(28)17-6-8-18(23)9-7-17)22(29)26-10-12-27(13-11-26)33(30,31)20-15(3)25-32-16(20)4/h6-9,14,19H,5,10-13H2,1-4H3,(H,24,28)/t14-,19-/m0/s1. The van der Waals surface area contributed by atoms with Gasteiger partial charge >= 0.3 is 0 Å². The number of halogens is 1. The van der Waals surface area contributed by atoms with Gasteiger partial charge in [-0.3, -0.25) is 9.59 Å². The molecular formula is C22H29ClN4O5S. The van der Waals surface area contributed by atoms with Crippen LogP contribution in [0.15, 0.2) is 33.7 Å². The fourth-order valence-corrected chi connectivity index (χ4v) is 5.67. The van der Waals surface area contributed by atoms with Crippen LogP contribution in [-0.4, -0.2) is 66.8 Å².